The normalized spacial score (nSPS) is 11.9. The highest BCUT2D eigenvalue weighted by molar-refractivity contribution is 8.00. The first kappa shape index (κ1) is 20.6. The van der Waals surface area contributed by atoms with Gasteiger partial charge in [-0.3, -0.25) is 10.1 Å². The predicted molar refractivity (Wildman–Crippen MR) is 116 cm³/mol. The molecule has 3 aromatic rings. The molecule has 0 aliphatic carbocycles. The van der Waals surface area contributed by atoms with E-state index in [2.05, 4.69) is 15.5 Å². The quantitative estimate of drug-likeness (QED) is 0.393. The standard InChI is InChI=1S/C20H20ClN3O2S2/c1-12-4-9-17(10-13(12)2)26-14(3)18(25)22-19-23-24-20(28-19)27-11-15-5-7-16(21)8-6-15/h4-10,14H,11H2,1-3H3,(H,22,23,25)/t14-/m1/s1. The van der Waals surface area contributed by atoms with Crippen molar-refractivity contribution in [3.05, 3.63) is 64.2 Å². The van der Waals surface area contributed by atoms with Crippen molar-refractivity contribution < 1.29 is 9.53 Å². The van der Waals surface area contributed by atoms with Crippen molar-refractivity contribution in [1.29, 1.82) is 0 Å². The monoisotopic (exact) mass is 433 g/mol. The van der Waals surface area contributed by atoms with E-state index in [4.69, 9.17) is 16.3 Å². The van der Waals surface area contributed by atoms with Crippen molar-refractivity contribution in [1.82, 2.24) is 10.2 Å². The van der Waals surface area contributed by atoms with Crippen LogP contribution >= 0.6 is 34.7 Å². The van der Waals surface area contributed by atoms with E-state index in [1.54, 1.807) is 18.7 Å². The van der Waals surface area contributed by atoms with E-state index in [1.165, 1.54) is 16.9 Å². The third-order valence-corrected chi connectivity index (χ3v) is 6.37. The molecule has 0 radical (unpaired) electrons. The molecule has 0 fully saturated rings. The van der Waals surface area contributed by atoms with Gasteiger partial charge < -0.3 is 4.74 Å². The molecule has 0 bridgehead atoms. The van der Waals surface area contributed by atoms with Crippen LogP contribution in [0.25, 0.3) is 0 Å². The third-order valence-electron chi connectivity index (χ3n) is 4.07. The smallest absolute Gasteiger partial charge is 0.266 e. The van der Waals surface area contributed by atoms with E-state index in [0.29, 0.717) is 15.9 Å². The number of aromatic nitrogens is 2. The molecule has 5 nitrogen and oxygen atoms in total. The molecular formula is C20H20ClN3O2S2. The molecule has 0 spiro atoms. The highest BCUT2D eigenvalue weighted by Crippen LogP contribution is 2.29. The zero-order valence-corrected chi connectivity index (χ0v) is 18.1. The van der Waals surface area contributed by atoms with Gasteiger partial charge in [0.25, 0.3) is 5.91 Å². The van der Waals surface area contributed by atoms with E-state index >= 15 is 0 Å². The van der Waals surface area contributed by atoms with Crippen LogP contribution in [-0.4, -0.2) is 22.2 Å². The molecule has 8 heteroatoms. The number of halogens is 1. The number of nitrogens with one attached hydrogen (secondary N) is 1. The van der Waals surface area contributed by atoms with Gasteiger partial charge in [0.05, 0.1) is 0 Å². The molecular weight excluding hydrogens is 414 g/mol. The van der Waals surface area contributed by atoms with Crippen LogP contribution in [0.5, 0.6) is 5.75 Å². The zero-order valence-electron chi connectivity index (χ0n) is 15.7. The summed E-state index contributed by atoms with van der Waals surface area (Å²) in [4.78, 5) is 12.4. The number of ether oxygens (including phenoxy) is 1. The second-order valence-corrected chi connectivity index (χ2v) is 8.92. The molecule has 1 aromatic heterocycles. The van der Waals surface area contributed by atoms with Crippen molar-refractivity contribution >= 4 is 45.7 Å². The number of thioether (sulfide) groups is 1. The number of amides is 1. The van der Waals surface area contributed by atoms with Crippen molar-refractivity contribution in [2.24, 2.45) is 0 Å². The molecule has 0 unspecified atom stereocenters. The first-order chi connectivity index (χ1) is 13.4. The molecule has 28 heavy (non-hydrogen) atoms. The second-order valence-electron chi connectivity index (χ2n) is 6.28. The number of rotatable bonds is 7. The molecule has 0 aliphatic heterocycles. The Hall–Kier alpha value is -2.09. The first-order valence-electron chi connectivity index (χ1n) is 8.66. The minimum absolute atomic E-state index is 0.261. The molecule has 1 atom stereocenters. The lowest BCUT2D eigenvalue weighted by Crippen LogP contribution is -2.30. The Labute approximate surface area is 177 Å². The van der Waals surface area contributed by atoms with Crippen LogP contribution in [0.3, 0.4) is 0 Å². The van der Waals surface area contributed by atoms with E-state index in [0.717, 1.165) is 21.2 Å². The summed E-state index contributed by atoms with van der Waals surface area (Å²) in [5.41, 5.74) is 3.45. The van der Waals surface area contributed by atoms with Gasteiger partial charge in [0.1, 0.15) is 5.75 Å². The van der Waals surface area contributed by atoms with Crippen LogP contribution in [0.15, 0.2) is 46.8 Å². The van der Waals surface area contributed by atoms with Crippen LogP contribution < -0.4 is 10.1 Å². The fourth-order valence-corrected chi connectivity index (χ4v) is 4.13. The molecule has 146 valence electrons. The van der Waals surface area contributed by atoms with Crippen LogP contribution in [0.1, 0.15) is 23.6 Å². The summed E-state index contributed by atoms with van der Waals surface area (Å²) in [6.45, 7) is 5.76. The number of carbonyl (C=O) groups excluding carboxylic acids is 1. The van der Waals surface area contributed by atoms with E-state index < -0.39 is 6.10 Å². The topological polar surface area (TPSA) is 64.1 Å². The molecule has 1 amide bonds. The molecule has 0 saturated heterocycles. The molecule has 3 rings (SSSR count). The highest BCUT2D eigenvalue weighted by atomic mass is 35.5. The third kappa shape index (κ3) is 5.70. The highest BCUT2D eigenvalue weighted by Gasteiger charge is 2.17. The average molecular weight is 434 g/mol. The number of carbonyl (C=O) groups is 1. The van der Waals surface area contributed by atoms with Crippen LogP contribution in [0.4, 0.5) is 5.13 Å². The van der Waals surface area contributed by atoms with Gasteiger partial charge in [-0.2, -0.15) is 0 Å². The fourth-order valence-electron chi connectivity index (χ4n) is 2.30. The van der Waals surface area contributed by atoms with Gasteiger partial charge in [0.2, 0.25) is 5.13 Å². The van der Waals surface area contributed by atoms with E-state index in [-0.39, 0.29) is 5.91 Å². The lowest BCUT2D eigenvalue weighted by molar-refractivity contribution is -0.122. The van der Waals surface area contributed by atoms with Gasteiger partial charge in [0, 0.05) is 10.8 Å². The van der Waals surface area contributed by atoms with Gasteiger partial charge in [-0.15, -0.1) is 10.2 Å². The molecule has 1 heterocycles. The van der Waals surface area contributed by atoms with Gasteiger partial charge in [-0.25, -0.2) is 0 Å². The van der Waals surface area contributed by atoms with Crippen LogP contribution in [0.2, 0.25) is 5.02 Å². The molecule has 1 N–H and O–H groups in total. The van der Waals surface area contributed by atoms with Gasteiger partial charge >= 0.3 is 0 Å². The maximum Gasteiger partial charge on any atom is 0.266 e. The summed E-state index contributed by atoms with van der Waals surface area (Å²) in [5.74, 6) is 1.16. The van der Waals surface area contributed by atoms with E-state index in [9.17, 15) is 4.79 Å². The Morgan fingerprint density at radius 2 is 1.93 bits per heavy atom. The maximum absolute atomic E-state index is 12.4. The molecule has 2 aromatic carbocycles. The minimum Gasteiger partial charge on any atom is -0.481 e. The van der Waals surface area contributed by atoms with Gasteiger partial charge in [-0.1, -0.05) is 52.9 Å². The second kappa shape index (κ2) is 9.41. The van der Waals surface area contributed by atoms with Crippen molar-refractivity contribution in [3.63, 3.8) is 0 Å². The minimum atomic E-state index is -0.642. The molecule has 0 aliphatic rings. The van der Waals surface area contributed by atoms with Crippen molar-refractivity contribution in [3.8, 4) is 5.75 Å². The van der Waals surface area contributed by atoms with Gasteiger partial charge in [-0.05, 0) is 61.7 Å². The van der Waals surface area contributed by atoms with Crippen molar-refractivity contribution in [2.45, 2.75) is 37.0 Å². The Bertz CT molecular complexity index is 960. The molecule has 0 saturated carbocycles. The number of aryl methyl sites for hydroxylation is 2. The SMILES string of the molecule is Cc1ccc(O[C@H](C)C(=O)Nc2nnc(SCc3ccc(Cl)cc3)s2)cc1C. The zero-order chi connectivity index (χ0) is 20.1. The number of hydrogen-bond donors (Lipinski definition) is 1. The number of benzene rings is 2. The lowest BCUT2D eigenvalue weighted by atomic mass is 10.1. The largest absolute Gasteiger partial charge is 0.481 e. The fraction of sp³-hybridized carbons (Fsp3) is 0.250. The Morgan fingerprint density at radius 3 is 2.64 bits per heavy atom. The number of hydrogen-bond acceptors (Lipinski definition) is 6. The summed E-state index contributed by atoms with van der Waals surface area (Å²) < 4.78 is 6.52. The summed E-state index contributed by atoms with van der Waals surface area (Å²) in [6.07, 6.45) is -0.642. The average Bonchev–Trinajstić information content (AvgIpc) is 3.11. The number of nitrogens with zero attached hydrogens (tertiary/aromatic N) is 2. The van der Waals surface area contributed by atoms with Gasteiger partial charge in [0.15, 0.2) is 10.4 Å². The summed E-state index contributed by atoms with van der Waals surface area (Å²) in [7, 11) is 0. The maximum atomic E-state index is 12.4. The van der Waals surface area contributed by atoms with Crippen molar-refractivity contribution in [2.75, 3.05) is 5.32 Å². The van der Waals surface area contributed by atoms with Crippen LogP contribution in [0, 0.1) is 13.8 Å². The summed E-state index contributed by atoms with van der Waals surface area (Å²) in [5, 5.41) is 12.1. The predicted octanol–water partition coefficient (Wildman–Crippen LogP) is 5.51. The van der Waals surface area contributed by atoms with Crippen LogP contribution in [-0.2, 0) is 10.5 Å². The first-order valence-corrected chi connectivity index (χ1v) is 10.8. The summed E-state index contributed by atoms with van der Waals surface area (Å²) in [6, 6.07) is 13.4. The number of anilines is 1. The Morgan fingerprint density at radius 1 is 1.18 bits per heavy atom. The van der Waals surface area contributed by atoms with E-state index in [1.807, 2.05) is 56.3 Å². The Balaban J connectivity index is 1.52. The summed E-state index contributed by atoms with van der Waals surface area (Å²) >= 11 is 8.79. The Kier molecular flexibility index (Phi) is 6.93. The lowest BCUT2D eigenvalue weighted by Gasteiger charge is -2.14.